The summed E-state index contributed by atoms with van der Waals surface area (Å²) in [6.45, 7) is 0.228. The lowest BCUT2D eigenvalue weighted by Crippen LogP contribution is -2.24. The van der Waals surface area contributed by atoms with Crippen molar-refractivity contribution >= 4 is 0 Å². The van der Waals surface area contributed by atoms with Crippen molar-refractivity contribution in [3.8, 4) is 22.6 Å². The average Bonchev–Trinajstić information content (AvgIpc) is 2.67. The largest absolute Gasteiger partial charge is 0.457 e. The van der Waals surface area contributed by atoms with Gasteiger partial charge in [-0.2, -0.15) is 8.78 Å². The molecule has 0 radical (unpaired) electrons. The summed E-state index contributed by atoms with van der Waals surface area (Å²) in [6, 6.07) is 8.42. The molecule has 0 unspecified atom stereocenters. The molecular formula is C21H13F7O2. The molecule has 158 valence electrons. The van der Waals surface area contributed by atoms with Gasteiger partial charge in [0.05, 0.1) is 0 Å². The Balaban J connectivity index is 1.95. The Morgan fingerprint density at radius 3 is 2.00 bits per heavy atom. The third kappa shape index (κ3) is 4.19. The Labute approximate surface area is 166 Å². The molecule has 3 rings (SSSR count). The quantitative estimate of drug-likeness (QED) is 0.408. The molecule has 0 atom stereocenters. The van der Waals surface area contributed by atoms with Crippen molar-refractivity contribution in [3.63, 3.8) is 0 Å². The standard InChI is InChI=1S/C21H13F7O2/c1-11-2-4-12(5-3-11)14-6-7-15(19(26)18(14)25)21(27,28)30-13-8-16(23)20(29-10-22)17(24)9-13/h2-9H,10H2,1H3. The molecule has 0 heterocycles. The molecule has 0 aliphatic rings. The molecular weight excluding hydrogens is 417 g/mol. The van der Waals surface area contributed by atoms with E-state index in [1.54, 1.807) is 19.1 Å². The monoisotopic (exact) mass is 430 g/mol. The fourth-order valence-corrected chi connectivity index (χ4v) is 2.72. The van der Waals surface area contributed by atoms with E-state index < -0.39 is 53.3 Å². The number of aryl methyl sites for hydroxylation is 1. The van der Waals surface area contributed by atoms with Gasteiger partial charge < -0.3 is 9.47 Å². The molecule has 3 aromatic carbocycles. The normalized spacial score (nSPS) is 11.5. The van der Waals surface area contributed by atoms with Crippen molar-refractivity contribution in [2.75, 3.05) is 6.86 Å². The van der Waals surface area contributed by atoms with Crippen LogP contribution in [0.2, 0.25) is 0 Å². The first-order valence-electron chi connectivity index (χ1n) is 8.44. The minimum Gasteiger partial charge on any atom is -0.457 e. The highest BCUT2D eigenvalue weighted by molar-refractivity contribution is 5.65. The molecule has 0 spiro atoms. The van der Waals surface area contributed by atoms with Gasteiger partial charge in [0.15, 0.2) is 29.0 Å². The Morgan fingerprint density at radius 2 is 1.43 bits per heavy atom. The van der Waals surface area contributed by atoms with Crippen LogP contribution in [-0.4, -0.2) is 6.86 Å². The third-order valence-electron chi connectivity index (χ3n) is 4.18. The van der Waals surface area contributed by atoms with Crippen LogP contribution >= 0.6 is 0 Å². The number of benzene rings is 3. The van der Waals surface area contributed by atoms with Crippen LogP contribution in [0.1, 0.15) is 11.1 Å². The van der Waals surface area contributed by atoms with E-state index in [2.05, 4.69) is 9.47 Å². The second-order valence-electron chi connectivity index (χ2n) is 6.24. The molecule has 3 aromatic rings. The van der Waals surface area contributed by atoms with Crippen LogP contribution in [0.15, 0.2) is 48.5 Å². The van der Waals surface area contributed by atoms with Gasteiger partial charge in [0.2, 0.25) is 6.86 Å². The van der Waals surface area contributed by atoms with Crippen molar-refractivity contribution in [1.82, 2.24) is 0 Å². The lowest BCUT2D eigenvalue weighted by Gasteiger charge is -2.20. The van der Waals surface area contributed by atoms with Crippen molar-refractivity contribution in [2.45, 2.75) is 13.0 Å². The van der Waals surface area contributed by atoms with Crippen molar-refractivity contribution < 1.29 is 40.2 Å². The summed E-state index contributed by atoms with van der Waals surface area (Å²) in [5.74, 6) is -8.61. The first kappa shape index (κ1) is 21.5. The molecule has 2 nitrogen and oxygen atoms in total. The zero-order valence-electron chi connectivity index (χ0n) is 15.3. The maximum atomic E-state index is 14.4. The van der Waals surface area contributed by atoms with E-state index in [-0.39, 0.29) is 11.1 Å². The number of hydrogen-bond acceptors (Lipinski definition) is 2. The van der Waals surface area contributed by atoms with Crippen LogP contribution in [0.5, 0.6) is 11.5 Å². The van der Waals surface area contributed by atoms with E-state index in [0.29, 0.717) is 18.2 Å². The fraction of sp³-hybridized carbons (Fsp3) is 0.143. The van der Waals surface area contributed by atoms with E-state index in [1.807, 2.05) is 0 Å². The van der Waals surface area contributed by atoms with Gasteiger partial charge in [0, 0.05) is 17.7 Å². The smallest absolute Gasteiger partial charge is 0.429 e. The third-order valence-corrected chi connectivity index (χ3v) is 4.18. The SMILES string of the molecule is Cc1ccc(-c2ccc(C(F)(F)Oc3cc(F)c(OCF)c(F)c3)c(F)c2F)cc1. The Hall–Kier alpha value is -3.23. The Kier molecular flexibility index (Phi) is 5.91. The summed E-state index contributed by atoms with van der Waals surface area (Å²) in [6.07, 6.45) is -4.47. The van der Waals surface area contributed by atoms with E-state index in [4.69, 9.17) is 0 Å². The van der Waals surface area contributed by atoms with Crippen LogP contribution < -0.4 is 9.47 Å². The summed E-state index contributed by atoms with van der Waals surface area (Å²) in [7, 11) is 0. The molecule has 0 saturated heterocycles. The first-order chi connectivity index (χ1) is 14.1. The van der Waals surface area contributed by atoms with Gasteiger partial charge in [-0.05, 0) is 18.6 Å². The Bertz CT molecular complexity index is 1040. The van der Waals surface area contributed by atoms with E-state index >= 15 is 0 Å². The number of alkyl halides is 3. The van der Waals surface area contributed by atoms with Gasteiger partial charge in [-0.25, -0.2) is 22.0 Å². The van der Waals surface area contributed by atoms with Crippen LogP contribution in [0.4, 0.5) is 30.7 Å². The summed E-state index contributed by atoms with van der Waals surface area (Å²) in [5, 5.41) is 0. The lowest BCUT2D eigenvalue weighted by atomic mass is 10.0. The molecule has 0 fully saturated rings. The molecule has 0 aromatic heterocycles. The predicted octanol–water partition coefficient (Wildman–Crippen LogP) is 6.65. The summed E-state index contributed by atoms with van der Waals surface area (Å²) < 4.78 is 105. The van der Waals surface area contributed by atoms with E-state index in [1.165, 1.54) is 12.1 Å². The summed E-state index contributed by atoms with van der Waals surface area (Å²) >= 11 is 0. The maximum Gasteiger partial charge on any atom is 0.429 e. The summed E-state index contributed by atoms with van der Waals surface area (Å²) in [5.41, 5.74) is -0.600. The lowest BCUT2D eigenvalue weighted by molar-refractivity contribution is -0.187. The van der Waals surface area contributed by atoms with E-state index in [9.17, 15) is 30.7 Å². The average molecular weight is 430 g/mol. The highest BCUT2D eigenvalue weighted by Gasteiger charge is 2.40. The molecule has 0 N–H and O–H groups in total. The zero-order valence-corrected chi connectivity index (χ0v) is 15.3. The fourth-order valence-electron chi connectivity index (χ4n) is 2.72. The van der Waals surface area contributed by atoms with Gasteiger partial charge >= 0.3 is 6.11 Å². The molecule has 0 aliphatic carbocycles. The second kappa shape index (κ2) is 8.25. The number of halogens is 7. The second-order valence-corrected chi connectivity index (χ2v) is 6.24. The highest BCUT2D eigenvalue weighted by atomic mass is 19.3. The molecule has 9 heteroatoms. The van der Waals surface area contributed by atoms with Crippen LogP contribution in [0.3, 0.4) is 0 Å². The summed E-state index contributed by atoms with van der Waals surface area (Å²) in [4.78, 5) is 0. The molecule has 0 aliphatic heterocycles. The zero-order chi connectivity index (χ0) is 22.1. The van der Waals surface area contributed by atoms with Gasteiger partial charge in [0.1, 0.15) is 11.3 Å². The number of hydrogen-bond donors (Lipinski definition) is 0. The molecule has 0 bridgehead atoms. The van der Waals surface area contributed by atoms with Gasteiger partial charge in [0.25, 0.3) is 0 Å². The minimum absolute atomic E-state index is 0.253. The van der Waals surface area contributed by atoms with Crippen molar-refractivity contribution in [3.05, 3.63) is 82.9 Å². The van der Waals surface area contributed by atoms with E-state index in [0.717, 1.165) is 11.6 Å². The van der Waals surface area contributed by atoms with Gasteiger partial charge in [-0.1, -0.05) is 35.9 Å². The van der Waals surface area contributed by atoms with Crippen molar-refractivity contribution in [2.24, 2.45) is 0 Å². The topological polar surface area (TPSA) is 18.5 Å². The molecule has 0 amide bonds. The van der Waals surface area contributed by atoms with Crippen LogP contribution in [0.25, 0.3) is 11.1 Å². The Morgan fingerprint density at radius 1 is 0.833 bits per heavy atom. The molecule has 0 saturated carbocycles. The highest BCUT2D eigenvalue weighted by Crippen LogP contribution is 2.38. The maximum absolute atomic E-state index is 14.4. The van der Waals surface area contributed by atoms with Crippen molar-refractivity contribution in [1.29, 1.82) is 0 Å². The van der Waals surface area contributed by atoms with Gasteiger partial charge in [-0.3, -0.25) is 0 Å². The minimum atomic E-state index is -4.47. The predicted molar refractivity (Wildman–Crippen MR) is 94.0 cm³/mol. The molecule has 30 heavy (non-hydrogen) atoms. The van der Waals surface area contributed by atoms with Crippen LogP contribution in [-0.2, 0) is 6.11 Å². The first-order valence-corrected chi connectivity index (χ1v) is 8.44. The van der Waals surface area contributed by atoms with Crippen LogP contribution in [0, 0.1) is 30.2 Å². The number of ether oxygens (including phenoxy) is 2. The number of rotatable bonds is 6. The van der Waals surface area contributed by atoms with Gasteiger partial charge in [-0.15, -0.1) is 0 Å².